The van der Waals surface area contributed by atoms with Crippen LogP contribution < -0.4 is 0 Å². The minimum Gasteiger partial charge on any atom is -0.309 e. The maximum atomic E-state index is 6.41. The fourth-order valence-electron chi connectivity index (χ4n) is 3.29. The van der Waals surface area contributed by atoms with Gasteiger partial charge in [-0.25, -0.2) is 9.67 Å². The molecule has 0 aliphatic heterocycles. The third kappa shape index (κ3) is 2.70. The van der Waals surface area contributed by atoms with Crippen LogP contribution in [0.4, 0.5) is 0 Å². The highest BCUT2D eigenvalue weighted by Crippen LogP contribution is 2.34. The smallest absolute Gasteiger partial charge is 0.159 e. The van der Waals surface area contributed by atoms with Gasteiger partial charge in [0, 0.05) is 12.6 Å². The van der Waals surface area contributed by atoms with Crippen LogP contribution in [0, 0.1) is 12.8 Å². The van der Waals surface area contributed by atoms with Crippen LogP contribution in [0.25, 0.3) is 11.2 Å². The fourth-order valence-corrected chi connectivity index (χ4v) is 3.44. The fraction of sp³-hybridized carbons (Fsp3) is 0.750. The molecule has 21 heavy (non-hydrogen) atoms. The molecule has 0 aliphatic rings. The molecule has 2 aromatic rings. The number of alkyl halides is 1. The normalized spacial score (nSPS) is 15.0. The maximum absolute atomic E-state index is 6.41. The highest BCUT2D eigenvalue weighted by Gasteiger charge is 2.26. The van der Waals surface area contributed by atoms with Crippen LogP contribution in [0.1, 0.15) is 70.4 Å². The first-order chi connectivity index (χ1) is 9.96. The second-order valence-corrected chi connectivity index (χ2v) is 6.50. The lowest BCUT2D eigenvalue weighted by molar-refractivity contribution is 0.329. The van der Waals surface area contributed by atoms with Gasteiger partial charge in [-0.3, -0.25) is 0 Å². The topological polar surface area (TPSA) is 35.6 Å². The zero-order valence-corrected chi connectivity index (χ0v) is 14.8. The highest BCUT2D eigenvalue weighted by atomic mass is 35.5. The Morgan fingerprint density at radius 1 is 1.14 bits per heavy atom. The van der Waals surface area contributed by atoms with Gasteiger partial charge in [0.15, 0.2) is 5.65 Å². The van der Waals surface area contributed by atoms with Crippen LogP contribution in [0.15, 0.2) is 0 Å². The number of rotatable bonds is 6. The van der Waals surface area contributed by atoms with Gasteiger partial charge in [-0.2, -0.15) is 5.10 Å². The lowest BCUT2D eigenvalue weighted by atomic mass is 9.95. The van der Waals surface area contributed by atoms with E-state index in [0.29, 0.717) is 12.0 Å². The Labute approximate surface area is 132 Å². The maximum Gasteiger partial charge on any atom is 0.159 e. The molecule has 0 N–H and O–H groups in total. The summed E-state index contributed by atoms with van der Waals surface area (Å²) < 4.78 is 4.38. The van der Waals surface area contributed by atoms with Crippen LogP contribution >= 0.6 is 11.6 Å². The average molecular weight is 311 g/mol. The molecule has 0 radical (unpaired) electrons. The molecule has 4 nitrogen and oxygen atoms in total. The Kier molecular flexibility index (Phi) is 4.97. The van der Waals surface area contributed by atoms with Crippen LogP contribution in [-0.4, -0.2) is 19.3 Å². The van der Waals surface area contributed by atoms with E-state index in [0.717, 1.165) is 42.1 Å². The van der Waals surface area contributed by atoms with Crippen molar-refractivity contribution in [1.29, 1.82) is 0 Å². The van der Waals surface area contributed by atoms with Crippen molar-refractivity contribution < 1.29 is 0 Å². The van der Waals surface area contributed by atoms with Gasteiger partial charge in [0.1, 0.15) is 11.3 Å². The lowest BCUT2D eigenvalue weighted by Crippen LogP contribution is -2.20. The van der Waals surface area contributed by atoms with Crippen molar-refractivity contribution in [3.8, 4) is 0 Å². The van der Waals surface area contributed by atoms with Gasteiger partial charge >= 0.3 is 0 Å². The Balaban J connectivity index is 2.70. The molecule has 5 heteroatoms. The van der Waals surface area contributed by atoms with Crippen molar-refractivity contribution >= 4 is 22.8 Å². The summed E-state index contributed by atoms with van der Waals surface area (Å²) in [6.45, 7) is 13.8. The Morgan fingerprint density at radius 2 is 1.76 bits per heavy atom. The summed E-state index contributed by atoms with van der Waals surface area (Å²) >= 11 is 6.41. The molecule has 2 atom stereocenters. The average Bonchev–Trinajstić information content (AvgIpc) is 2.98. The van der Waals surface area contributed by atoms with E-state index in [2.05, 4.69) is 42.0 Å². The summed E-state index contributed by atoms with van der Waals surface area (Å²) in [4.78, 5) is 4.80. The van der Waals surface area contributed by atoms with Crippen LogP contribution in [0.5, 0.6) is 0 Å². The molecule has 0 saturated heterocycles. The molecule has 2 aromatic heterocycles. The molecule has 0 amide bonds. The van der Waals surface area contributed by atoms with Crippen LogP contribution in [0.2, 0.25) is 0 Å². The zero-order chi connectivity index (χ0) is 15.7. The number of aromatic nitrogens is 4. The first-order valence-corrected chi connectivity index (χ1v) is 8.49. The minimum atomic E-state index is -0.0982. The molecule has 2 heterocycles. The molecular formula is C16H27ClN4. The Hall–Kier alpha value is -1.03. The van der Waals surface area contributed by atoms with Gasteiger partial charge in [0.25, 0.3) is 0 Å². The standard InChI is InChI=1S/C16H27ClN4/c1-7-13(8-2)12(6)21-15(10(4)17)18-14-11(5)19-20(9-3)16(14)21/h10,12-13H,7-9H2,1-6H3. The van der Waals surface area contributed by atoms with E-state index in [1.807, 2.05) is 13.8 Å². The van der Waals surface area contributed by atoms with Crippen molar-refractivity contribution in [2.75, 3.05) is 0 Å². The molecule has 0 spiro atoms. The SMILES string of the molecule is CCC(CC)C(C)n1c(C(C)Cl)nc2c(C)nn(CC)c21. The number of nitrogens with zero attached hydrogens (tertiary/aromatic N) is 4. The van der Waals surface area contributed by atoms with Crippen LogP contribution in [0.3, 0.4) is 0 Å². The molecule has 0 bridgehead atoms. The van der Waals surface area contributed by atoms with E-state index >= 15 is 0 Å². The molecule has 0 fully saturated rings. The number of hydrogen-bond acceptors (Lipinski definition) is 2. The van der Waals surface area contributed by atoms with Crippen molar-refractivity contribution in [3.63, 3.8) is 0 Å². The van der Waals surface area contributed by atoms with Crippen molar-refractivity contribution in [3.05, 3.63) is 11.5 Å². The first-order valence-electron chi connectivity index (χ1n) is 8.05. The number of halogens is 1. The predicted molar refractivity (Wildman–Crippen MR) is 89.0 cm³/mol. The zero-order valence-electron chi connectivity index (χ0n) is 14.0. The Bertz CT molecular complexity index is 607. The summed E-state index contributed by atoms with van der Waals surface area (Å²) in [5.74, 6) is 1.59. The lowest BCUT2D eigenvalue weighted by Gasteiger charge is -2.26. The van der Waals surface area contributed by atoms with Gasteiger partial charge in [-0.15, -0.1) is 11.6 Å². The van der Waals surface area contributed by atoms with Crippen molar-refractivity contribution in [1.82, 2.24) is 19.3 Å². The number of aryl methyl sites for hydroxylation is 2. The third-order valence-electron chi connectivity index (χ3n) is 4.56. The summed E-state index contributed by atoms with van der Waals surface area (Å²) in [5.41, 5.74) is 3.11. The van der Waals surface area contributed by atoms with Gasteiger partial charge in [0.2, 0.25) is 0 Å². The van der Waals surface area contributed by atoms with E-state index in [-0.39, 0.29) is 5.38 Å². The van der Waals surface area contributed by atoms with Crippen molar-refractivity contribution in [2.45, 2.75) is 72.3 Å². The van der Waals surface area contributed by atoms with Crippen molar-refractivity contribution in [2.24, 2.45) is 5.92 Å². The quantitative estimate of drug-likeness (QED) is 0.714. The monoisotopic (exact) mass is 310 g/mol. The highest BCUT2D eigenvalue weighted by molar-refractivity contribution is 6.20. The summed E-state index contributed by atoms with van der Waals surface area (Å²) in [6, 6.07) is 0.377. The predicted octanol–water partition coefficient (Wildman–Crippen LogP) is 4.86. The summed E-state index contributed by atoms with van der Waals surface area (Å²) in [6.07, 6.45) is 2.32. The largest absolute Gasteiger partial charge is 0.309 e. The summed E-state index contributed by atoms with van der Waals surface area (Å²) in [7, 11) is 0. The molecule has 118 valence electrons. The summed E-state index contributed by atoms with van der Waals surface area (Å²) in [5, 5.41) is 4.51. The molecule has 0 saturated carbocycles. The van der Waals surface area contributed by atoms with E-state index < -0.39 is 0 Å². The second-order valence-electron chi connectivity index (χ2n) is 5.85. The van der Waals surface area contributed by atoms with E-state index in [1.54, 1.807) is 0 Å². The van der Waals surface area contributed by atoms with Crippen LogP contribution in [-0.2, 0) is 6.54 Å². The number of hydrogen-bond donors (Lipinski definition) is 0. The van der Waals surface area contributed by atoms with Gasteiger partial charge in [-0.05, 0) is 33.6 Å². The third-order valence-corrected chi connectivity index (χ3v) is 4.76. The molecule has 0 aromatic carbocycles. The molecular weight excluding hydrogens is 284 g/mol. The minimum absolute atomic E-state index is 0.0982. The molecule has 0 aliphatic carbocycles. The first kappa shape index (κ1) is 16.3. The Morgan fingerprint density at radius 3 is 2.24 bits per heavy atom. The number of imidazole rings is 1. The van der Waals surface area contributed by atoms with Gasteiger partial charge in [-0.1, -0.05) is 26.7 Å². The van der Waals surface area contributed by atoms with E-state index in [4.69, 9.17) is 16.6 Å². The van der Waals surface area contributed by atoms with E-state index in [1.165, 1.54) is 0 Å². The van der Waals surface area contributed by atoms with E-state index in [9.17, 15) is 0 Å². The number of fused-ring (bicyclic) bond motifs is 1. The molecule has 2 rings (SSSR count). The van der Waals surface area contributed by atoms with Gasteiger partial charge in [0.05, 0.1) is 11.1 Å². The second kappa shape index (κ2) is 6.39. The van der Waals surface area contributed by atoms with Gasteiger partial charge < -0.3 is 4.57 Å². The molecule has 2 unspecified atom stereocenters.